The summed E-state index contributed by atoms with van der Waals surface area (Å²) in [6.07, 6.45) is 7.79. The first-order valence-corrected chi connectivity index (χ1v) is 12.7. The largest absolute Gasteiger partial charge is 0.352 e. The first-order chi connectivity index (χ1) is 15.4. The van der Waals surface area contributed by atoms with Gasteiger partial charge in [0.15, 0.2) is 0 Å². The van der Waals surface area contributed by atoms with E-state index in [0.29, 0.717) is 28.8 Å². The topological polar surface area (TPSA) is 58.2 Å². The SMILES string of the molecule is CC1CC2CC(C1)CC(C)(CCNC(=O)c1ccc3c(c1)NC(=O)c1ccccc1S3)C2. The summed E-state index contributed by atoms with van der Waals surface area (Å²) in [6, 6.07) is 13.2. The summed E-state index contributed by atoms with van der Waals surface area (Å²) >= 11 is 1.56. The van der Waals surface area contributed by atoms with Crippen molar-refractivity contribution in [3.05, 3.63) is 53.6 Å². The van der Waals surface area contributed by atoms with E-state index in [1.165, 1.54) is 32.1 Å². The lowest BCUT2D eigenvalue weighted by Crippen LogP contribution is -2.38. The Labute approximate surface area is 194 Å². The van der Waals surface area contributed by atoms with Gasteiger partial charge in [-0.3, -0.25) is 9.59 Å². The van der Waals surface area contributed by atoms with Gasteiger partial charge in [0.05, 0.1) is 11.3 Å². The van der Waals surface area contributed by atoms with Crippen molar-refractivity contribution in [3.63, 3.8) is 0 Å². The number of rotatable bonds is 4. The maximum Gasteiger partial charge on any atom is 0.256 e. The third-order valence-corrected chi connectivity index (χ3v) is 8.71. The molecule has 2 N–H and O–H groups in total. The molecule has 3 aliphatic rings. The van der Waals surface area contributed by atoms with Crippen LogP contribution >= 0.6 is 11.8 Å². The minimum Gasteiger partial charge on any atom is -0.352 e. The number of anilines is 1. The van der Waals surface area contributed by atoms with E-state index in [4.69, 9.17) is 0 Å². The maximum atomic E-state index is 12.9. The van der Waals surface area contributed by atoms with Gasteiger partial charge in [0.1, 0.15) is 0 Å². The van der Waals surface area contributed by atoms with E-state index < -0.39 is 0 Å². The van der Waals surface area contributed by atoms with E-state index in [9.17, 15) is 9.59 Å². The summed E-state index contributed by atoms with van der Waals surface area (Å²) in [5.41, 5.74) is 2.30. The summed E-state index contributed by atoms with van der Waals surface area (Å²) < 4.78 is 0. The standard InChI is InChI=1S/C27H32N2O2S/c1-17-11-18-13-19(12-17)16-27(2,15-18)9-10-28-25(30)20-7-8-24-22(14-20)29-26(31)21-5-3-4-6-23(21)32-24/h3-8,14,17-19H,9-13,15-16H2,1-2H3,(H,28,30)(H,29,31). The van der Waals surface area contributed by atoms with Gasteiger partial charge >= 0.3 is 0 Å². The molecule has 2 unspecified atom stereocenters. The number of amides is 2. The van der Waals surface area contributed by atoms with Gasteiger partial charge in [-0.15, -0.1) is 0 Å². The van der Waals surface area contributed by atoms with E-state index >= 15 is 0 Å². The molecule has 2 aromatic rings. The summed E-state index contributed by atoms with van der Waals surface area (Å²) in [6.45, 7) is 5.53. The Hall–Kier alpha value is -2.27. The average molecular weight is 449 g/mol. The van der Waals surface area contributed by atoms with E-state index in [1.54, 1.807) is 17.8 Å². The molecular formula is C27H32N2O2S. The number of carbonyl (C=O) groups excluding carboxylic acids is 2. The van der Waals surface area contributed by atoms with Crippen LogP contribution in [0.2, 0.25) is 0 Å². The number of nitrogens with one attached hydrogen (secondary N) is 2. The second-order valence-corrected chi connectivity index (χ2v) is 11.6. The fraction of sp³-hybridized carbons (Fsp3) is 0.481. The van der Waals surface area contributed by atoms with Crippen molar-refractivity contribution in [1.82, 2.24) is 5.32 Å². The molecule has 1 heterocycles. The van der Waals surface area contributed by atoms with Gasteiger partial charge in [-0.2, -0.15) is 0 Å². The normalized spacial score (nSPS) is 28.7. The second-order valence-electron chi connectivity index (χ2n) is 10.5. The molecule has 0 aromatic heterocycles. The molecule has 2 atom stereocenters. The van der Waals surface area contributed by atoms with Crippen LogP contribution in [0.25, 0.3) is 0 Å². The summed E-state index contributed by atoms with van der Waals surface area (Å²) in [5, 5.41) is 6.11. The van der Waals surface area contributed by atoms with Crippen molar-refractivity contribution in [2.75, 3.05) is 11.9 Å². The highest BCUT2D eigenvalue weighted by molar-refractivity contribution is 7.99. The van der Waals surface area contributed by atoms with Crippen LogP contribution in [-0.2, 0) is 0 Å². The predicted molar refractivity (Wildman–Crippen MR) is 129 cm³/mol. The van der Waals surface area contributed by atoms with E-state index in [1.807, 2.05) is 36.4 Å². The quantitative estimate of drug-likeness (QED) is 0.571. The molecule has 0 spiro atoms. The Bertz CT molecular complexity index is 1030. The highest BCUT2D eigenvalue weighted by Crippen LogP contribution is 2.51. The molecule has 2 bridgehead atoms. The van der Waals surface area contributed by atoms with Crippen LogP contribution in [0, 0.1) is 23.2 Å². The third-order valence-electron chi connectivity index (χ3n) is 7.56. The predicted octanol–water partition coefficient (Wildman–Crippen LogP) is 6.38. The molecular weight excluding hydrogens is 416 g/mol. The molecule has 32 heavy (non-hydrogen) atoms. The van der Waals surface area contributed by atoms with Crippen LogP contribution in [-0.4, -0.2) is 18.4 Å². The van der Waals surface area contributed by atoms with Gasteiger partial charge in [0, 0.05) is 21.9 Å². The average Bonchev–Trinajstić information content (AvgIpc) is 2.87. The van der Waals surface area contributed by atoms with E-state index in [0.717, 1.165) is 34.0 Å². The number of hydrogen-bond donors (Lipinski definition) is 2. The van der Waals surface area contributed by atoms with Gasteiger partial charge in [-0.1, -0.05) is 37.7 Å². The number of hydrogen-bond acceptors (Lipinski definition) is 3. The lowest BCUT2D eigenvalue weighted by molar-refractivity contribution is 0.0410. The molecule has 2 fully saturated rings. The van der Waals surface area contributed by atoms with Crippen molar-refractivity contribution < 1.29 is 9.59 Å². The van der Waals surface area contributed by atoms with Gasteiger partial charge in [0.2, 0.25) is 0 Å². The molecule has 168 valence electrons. The highest BCUT2D eigenvalue weighted by atomic mass is 32.2. The van der Waals surface area contributed by atoms with Crippen molar-refractivity contribution in [2.24, 2.45) is 23.2 Å². The fourth-order valence-electron chi connectivity index (χ4n) is 6.40. The van der Waals surface area contributed by atoms with Gasteiger partial charge in [0.25, 0.3) is 11.8 Å². The van der Waals surface area contributed by atoms with Crippen molar-refractivity contribution in [3.8, 4) is 0 Å². The van der Waals surface area contributed by atoms with Gasteiger partial charge in [-0.25, -0.2) is 0 Å². The molecule has 0 saturated heterocycles. The zero-order valence-electron chi connectivity index (χ0n) is 18.9. The smallest absolute Gasteiger partial charge is 0.256 e. The summed E-state index contributed by atoms with van der Waals surface area (Å²) in [5.74, 6) is 2.42. The van der Waals surface area contributed by atoms with Gasteiger partial charge < -0.3 is 10.6 Å². The van der Waals surface area contributed by atoms with Crippen LogP contribution in [0.3, 0.4) is 0 Å². The van der Waals surface area contributed by atoms with E-state index in [2.05, 4.69) is 24.5 Å². The summed E-state index contributed by atoms with van der Waals surface area (Å²) in [4.78, 5) is 27.4. The zero-order chi connectivity index (χ0) is 22.3. The molecule has 2 aromatic carbocycles. The van der Waals surface area contributed by atoms with Crippen molar-refractivity contribution >= 4 is 29.3 Å². The lowest BCUT2D eigenvalue weighted by atomic mass is 9.58. The number of benzene rings is 2. The molecule has 0 radical (unpaired) electrons. The molecule has 5 rings (SSSR count). The Kier molecular flexibility index (Phi) is 5.79. The molecule has 2 amide bonds. The first kappa shape index (κ1) is 21.6. The van der Waals surface area contributed by atoms with Crippen molar-refractivity contribution in [1.29, 1.82) is 0 Å². The first-order valence-electron chi connectivity index (χ1n) is 11.9. The molecule has 5 heteroatoms. The van der Waals surface area contributed by atoms with Crippen LogP contribution in [0.1, 0.15) is 73.1 Å². The van der Waals surface area contributed by atoms with Crippen molar-refractivity contribution in [2.45, 2.75) is 62.2 Å². The minimum atomic E-state index is -0.130. The molecule has 2 saturated carbocycles. The monoisotopic (exact) mass is 448 g/mol. The Morgan fingerprint density at radius 3 is 2.62 bits per heavy atom. The Morgan fingerprint density at radius 2 is 1.84 bits per heavy atom. The maximum absolute atomic E-state index is 12.9. The Morgan fingerprint density at radius 1 is 1.09 bits per heavy atom. The second kappa shape index (κ2) is 8.58. The molecule has 2 aliphatic carbocycles. The van der Waals surface area contributed by atoms with Gasteiger partial charge in [-0.05, 0) is 92.0 Å². The van der Waals surface area contributed by atoms with Crippen LogP contribution in [0.5, 0.6) is 0 Å². The Balaban J connectivity index is 1.22. The molecule has 1 aliphatic heterocycles. The van der Waals surface area contributed by atoms with Crippen LogP contribution < -0.4 is 10.6 Å². The third kappa shape index (κ3) is 4.45. The number of carbonyl (C=O) groups is 2. The number of fused-ring (bicyclic) bond motifs is 4. The van der Waals surface area contributed by atoms with Crippen LogP contribution in [0.15, 0.2) is 52.3 Å². The minimum absolute atomic E-state index is 0.0676. The van der Waals surface area contributed by atoms with Crippen LogP contribution in [0.4, 0.5) is 5.69 Å². The molecule has 4 nitrogen and oxygen atoms in total. The zero-order valence-corrected chi connectivity index (χ0v) is 19.8. The van der Waals surface area contributed by atoms with E-state index in [-0.39, 0.29) is 11.8 Å². The lowest BCUT2D eigenvalue weighted by Gasteiger charge is -2.47. The summed E-state index contributed by atoms with van der Waals surface area (Å²) in [7, 11) is 0. The highest BCUT2D eigenvalue weighted by Gasteiger charge is 2.40. The fourth-order valence-corrected chi connectivity index (χ4v) is 7.41.